The van der Waals surface area contributed by atoms with Crippen LogP contribution in [0.1, 0.15) is 0 Å². The summed E-state index contributed by atoms with van der Waals surface area (Å²) in [5.41, 5.74) is 1.46. The molecule has 0 saturated carbocycles. The third-order valence-corrected chi connectivity index (χ3v) is 2.78. The Morgan fingerprint density at radius 1 is 1.11 bits per heavy atom. The average Bonchev–Trinajstić information content (AvgIpc) is 2.91. The van der Waals surface area contributed by atoms with Crippen LogP contribution in [-0.4, -0.2) is 19.7 Å². The Bertz CT molecular complexity index is 712. The lowest BCUT2D eigenvalue weighted by atomic mass is 10.2. The predicted molar refractivity (Wildman–Crippen MR) is 69.6 cm³/mol. The maximum atomic E-state index is 13.8. The lowest BCUT2D eigenvalue weighted by Crippen LogP contribution is -2.02. The third kappa shape index (κ3) is 2.20. The monoisotopic (exact) mass is 274 g/mol. The zero-order valence-electron chi connectivity index (χ0n) is 9.66. The van der Waals surface area contributed by atoms with Crippen LogP contribution in [-0.2, 0) is 0 Å². The highest BCUT2D eigenvalue weighted by Gasteiger charge is 2.14. The van der Waals surface area contributed by atoms with E-state index in [-0.39, 0.29) is 11.0 Å². The Hall–Kier alpha value is -2.27. The summed E-state index contributed by atoms with van der Waals surface area (Å²) >= 11 is 5.71. The lowest BCUT2D eigenvalue weighted by molar-refractivity contribution is 0.616. The standard InChI is InChI=1S/C13H8ClFN4/c14-13-16-8-10(15)12(18-13)11-6-7-17-19(11)9-4-2-1-3-5-9/h1-8H. The summed E-state index contributed by atoms with van der Waals surface area (Å²) < 4.78 is 15.4. The Kier molecular flexibility index (Phi) is 2.97. The van der Waals surface area contributed by atoms with Crippen molar-refractivity contribution in [3.8, 4) is 17.1 Å². The Balaban J connectivity index is 2.18. The molecule has 0 atom stereocenters. The molecular weight excluding hydrogens is 267 g/mol. The molecule has 0 bridgehead atoms. The molecule has 0 aliphatic rings. The van der Waals surface area contributed by atoms with Gasteiger partial charge < -0.3 is 0 Å². The lowest BCUT2D eigenvalue weighted by Gasteiger charge is -2.07. The fraction of sp³-hybridized carbons (Fsp3) is 0. The molecule has 0 unspecified atom stereocenters. The molecule has 0 N–H and O–H groups in total. The van der Waals surface area contributed by atoms with Crippen molar-refractivity contribution in [3.05, 3.63) is 59.9 Å². The summed E-state index contributed by atoms with van der Waals surface area (Å²) in [7, 11) is 0. The second kappa shape index (κ2) is 4.78. The molecular formula is C13H8ClFN4. The summed E-state index contributed by atoms with van der Waals surface area (Å²) in [5, 5.41) is 4.18. The van der Waals surface area contributed by atoms with E-state index in [4.69, 9.17) is 11.6 Å². The topological polar surface area (TPSA) is 43.6 Å². The van der Waals surface area contributed by atoms with Crippen LogP contribution in [0.3, 0.4) is 0 Å². The van der Waals surface area contributed by atoms with E-state index in [0.717, 1.165) is 11.9 Å². The van der Waals surface area contributed by atoms with E-state index in [1.165, 1.54) is 0 Å². The molecule has 1 aromatic carbocycles. The number of nitrogens with zero attached hydrogens (tertiary/aromatic N) is 4. The minimum Gasteiger partial charge on any atom is -0.231 e. The molecule has 2 aromatic heterocycles. The number of aromatic nitrogens is 4. The van der Waals surface area contributed by atoms with Crippen LogP contribution in [0.2, 0.25) is 5.28 Å². The van der Waals surface area contributed by atoms with Crippen LogP contribution in [0.15, 0.2) is 48.8 Å². The molecule has 2 heterocycles. The maximum absolute atomic E-state index is 13.8. The first-order valence-electron chi connectivity index (χ1n) is 5.53. The number of para-hydroxylation sites is 1. The highest BCUT2D eigenvalue weighted by atomic mass is 35.5. The molecule has 0 aliphatic carbocycles. The first-order chi connectivity index (χ1) is 9.25. The predicted octanol–water partition coefficient (Wildman–Crippen LogP) is 3.12. The van der Waals surface area contributed by atoms with Gasteiger partial charge in [-0.15, -0.1) is 0 Å². The van der Waals surface area contributed by atoms with Gasteiger partial charge in [0.1, 0.15) is 5.69 Å². The zero-order chi connectivity index (χ0) is 13.2. The van der Waals surface area contributed by atoms with Crippen LogP contribution in [0.25, 0.3) is 17.1 Å². The Morgan fingerprint density at radius 2 is 1.89 bits per heavy atom. The number of benzene rings is 1. The van der Waals surface area contributed by atoms with Crippen molar-refractivity contribution < 1.29 is 4.39 Å². The van der Waals surface area contributed by atoms with Gasteiger partial charge in [0.25, 0.3) is 0 Å². The molecule has 4 nitrogen and oxygen atoms in total. The van der Waals surface area contributed by atoms with Crippen LogP contribution in [0.4, 0.5) is 4.39 Å². The molecule has 3 aromatic rings. The van der Waals surface area contributed by atoms with Gasteiger partial charge in [0.05, 0.1) is 23.8 Å². The highest BCUT2D eigenvalue weighted by molar-refractivity contribution is 6.28. The summed E-state index contributed by atoms with van der Waals surface area (Å²) in [6, 6.07) is 11.1. The Labute approximate surface area is 113 Å². The fourth-order valence-electron chi connectivity index (χ4n) is 1.78. The number of hydrogen-bond donors (Lipinski definition) is 0. The summed E-state index contributed by atoms with van der Waals surface area (Å²) in [5.74, 6) is -0.540. The molecule has 19 heavy (non-hydrogen) atoms. The van der Waals surface area contributed by atoms with Gasteiger partial charge in [0, 0.05) is 0 Å². The molecule has 0 saturated heterocycles. The van der Waals surface area contributed by atoms with E-state index < -0.39 is 5.82 Å². The van der Waals surface area contributed by atoms with Crippen LogP contribution in [0, 0.1) is 5.82 Å². The fourth-order valence-corrected chi connectivity index (χ4v) is 1.92. The summed E-state index contributed by atoms with van der Waals surface area (Å²) in [4.78, 5) is 7.52. The molecule has 0 aliphatic heterocycles. The third-order valence-electron chi connectivity index (χ3n) is 2.60. The van der Waals surface area contributed by atoms with Crippen molar-refractivity contribution >= 4 is 11.6 Å². The largest absolute Gasteiger partial charge is 0.231 e. The van der Waals surface area contributed by atoms with E-state index >= 15 is 0 Å². The van der Waals surface area contributed by atoms with E-state index in [0.29, 0.717) is 5.69 Å². The van der Waals surface area contributed by atoms with Crippen LogP contribution in [0.5, 0.6) is 0 Å². The molecule has 3 rings (SSSR count). The highest BCUT2D eigenvalue weighted by Crippen LogP contribution is 2.23. The first-order valence-corrected chi connectivity index (χ1v) is 5.91. The van der Waals surface area contributed by atoms with Gasteiger partial charge in [-0.2, -0.15) is 5.10 Å². The molecule has 94 valence electrons. The van der Waals surface area contributed by atoms with Gasteiger partial charge in [-0.3, -0.25) is 0 Å². The smallest absolute Gasteiger partial charge is 0.223 e. The van der Waals surface area contributed by atoms with Crippen LogP contribution >= 0.6 is 11.6 Å². The second-order valence-electron chi connectivity index (χ2n) is 3.80. The van der Waals surface area contributed by atoms with Crippen molar-refractivity contribution in [3.63, 3.8) is 0 Å². The van der Waals surface area contributed by atoms with Gasteiger partial charge in [-0.25, -0.2) is 19.0 Å². The van der Waals surface area contributed by atoms with Crippen molar-refractivity contribution in [1.29, 1.82) is 0 Å². The van der Waals surface area contributed by atoms with Gasteiger partial charge in [0.15, 0.2) is 5.82 Å². The van der Waals surface area contributed by atoms with E-state index in [1.54, 1.807) is 16.9 Å². The normalized spacial score (nSPS) is 10.6. The van der Waals surface area contributed by atoms with Crippen molar-refractivity contribution in [2.75, 3.05) is 0 Å². The second-order valence-corrected chi connectivity index (χ2v) is 4.14. The van der Waals surface area contributed by atoms with E-state index in [2.05, 4.69) is 15.1 Å². The average molecular weight is 275 g/mol. The van der Waals surface area contributed by atoms with Crippen molar-refractivity contribution in [2.45, 2.75) is 0 Å². The minimum atomic E-state index is -0.540. The van der Waals surface area contributed by atoms with Gasteiger partial charge >= 0.3 is 0 Å². The molecule has 0 spiro atoms. The maximum Gasteiger partial charge on any atom is 0.223 e. The van der Waals surface area contributed by atoms with Gasteiger partial charge in [-0.05, 0) is 29.8 Å². The first kappa shape index (κ1) is 11.8. The van der Waals surface area contributed by atoms with Gasteiger partial charge in [0.2, 0.25) is 5.28 Å². The molecule has 0 amide bonds. The van der Waals surface area contributed by atoms with Crippen molar-refractivity contribution in [1.82, 2.24) is 19.7 Å². The number of halogens is 2. The minimum absolute atomic E-state index is 0.00258. The van der Waals surface area contributed by atoms with Gasteiger partial charge in [-0.1, -0.05) is 18.2 Å². The molecule has 0 fully saturated rings. The molecule has 6 heteroatoms. The van der Waals surface area contributed by atoms with Crippen molar-refractivity contribution in [2.24, 2.45) is 0 Å². The zero-order valence-corrected chi connectivity index (χ0v) is 10.4. The Morgan fingerprint density at radius 3 is 2.68 bits per heavy atom. The molecule has 0 radical (unpaired) electrons. The summed E-state index contributed by atoms with van der Waals surface area (Å²) in [6.45, 7) is 0. The number of hydrogen-bond acceptors (Lipinski definition) is 3. The SMILES string of the molecule is Fc1cnc(Cl)nc1-c1ccnn1-c1ccccc1. The summed E-state index contributed by atoms with van der Waals surface area (Å²) in [6.07, 6.45) is 2.63. The quantitative estimate of drug-likeness (QED) is 0.675. The number of rotatable bonds is 2. The van der Waals surface area contributed by atoms with Crippen LogP contribution < -0.4 is 0 Å². The van der Waals surface area contributed by atoms with E-state index in [9.17, 15) is 4.39 Å². The van der Waals surface area contributed by atoms with E-state index in [1.807, 2.05) is 30.3 Å².